The van der Waals surface area contributed by atoms with Gasteiger partial charge in [0.15, 0.2) is 5.82 Å². The van der Waals surface area contributed by atoms with Gasteiger partial charge in [-0.15, -0.1) is 10.2 Å². The van der Waals surface area contributed by atoms with E-state index < -0.39 is 0 Å². The van der Waals surface area contributed by atoms with Gasteiger partial charge in [-0.1, -0.05) is 18.2 Å². The Labute approximate surface area is 210 Å². The minimum Gasteiger partial charge on any atom is -0.317 e. The van der Waals surface area contributed by atoms with Gasteiger partial charge in [0.2, 0.25) is 0 Å². The van der Waals surface area contributed by atoms with Crippen molar-refractivity contribution >= 4 is 11.7 Å². The lowest BCUT2D eigenvalue weighted by atomic mass is 9.96. The summed E-state index contributed by atoms with van der Waals surface area (Å²) in [7, 11) is 3.78. The van der Waals surface area contributed by atoms with E-state index in [1.54, 1.807) is 11.2 Å². The van der Waals surface area contributed by atoms with Gasteiger partial charge in [-0.25, -0.2) is 4.98 Å². The first-order valence-electron chi connectivity index (χ1n) is 12.0. The molecule has 1 amide bonds. The summed E-state index contributed by atoms with van der Waals surface area (Å²) >= 11 is 0. The number of pyridine rings is 1. The molecule has 0 radical (unpaired) electrons. The number of amides is 1. The number of carbonyl (C=O) groups is 1. The molecule has 3 heterocycles. The minimum absolute atomic E-state index is 0. The average Bonchev–Trinajstić information content (AvgIpc) is 3.59. The zero-order chi connectivity index (χ0) is 24.8. The second-order valence-corrected chi connectivity index (χ2v) is 9.46. The number of carbonyl (C=O) groups excluding carboxylic acids is 1. The predicted molar refractivity (Wildman–Crippen MR) is 138 cm³/mol. The maximum atomic E-state index is 13.5. The van der Waals surface area contributed by atoms with E-state index >= 15 is 0 Å². The summed E-state index contributed by atoms with van der Waals surface area (Å²) in [4.78, 5) is 20.2. The Morgan fingerprint density at radius 1 is 1.11 bits per heavy atom. The highest BCUT2D eigenvalue weighted by Gasteiger charge is 2.32. The summed E-state index contributed by atoms with van der Waals surface area (Å²) in [6.45, 7) is 1.21. The number of aromatic nitrogens is 4. The van der Waals surface area contributed by atoms with Crippen LogP contribution in [0, 0.1) is 11.3 Å². The summed E-state index contributed by atoms with van der Waals surface area (Å²) in [5, 5.41) is 21.0. The number of nitriles is 1. The summed E-state index contributed by atoms with van der Waals surface area (Å²) in [6.07, 6.45) is 3.84. The minimum atomic E-state index is -0.0253. The second kappa shape index (κ2) is 8.70. The fraction of sp³-hybridized carbons (Fsp3) is 0.250. The van der Waals surface area contributed by atoms with Crippen molar-refractivity contribution in [3.8, 4) is 28.6 Å². The first-order valence-corrected chi connectivity index (χ1v) is 12.0. The zero-order valence-electron chi connectivity index (χ0n) is 20.2. The van der Waals surface area contributed by atoms with Crippen LogP contribution in [0.1, 0.15) is 52.9 Å². The highest BCUT2D eigenvalue weighted by molar-refractivity contribution is 6.10. The summed E-state index contributed by atoms with van der Waals surface area (Å²) in [6, 6.07) is 18.0. The molecule has 1 saturated carbocycles. The molecule has 1 aliphatic carbocycles. The third kappa shape index (κ3) is 3.84. The van der Waals surface area contributed by atoms with Crippen LogP contribution in [-0.4, -0.2) is 32.7 Å². The monoisotopic (exact) mass is 477 g/mol. The summed E-state index contributed by atoms with van der Waals surface area (Å²) in [5.74, 6) is 1.71. The van der Waals surface area contributed by atoms with Crippen LogP contribution in [0.2, 0.25) is 0 Å². The number of hydrogen-bond donors (Lipinski definition) is 1. The van der Waals surface area contributed by atoms with Crippen molar-refractivity contribution in [2.75, 3.05) is 11.9 Å². The van der Waals surface area contributed by atoms with Crippen molar-refractivity contribution in [3.63, 3.8) is 0 Å². The average molecular weight is 478 g/mol. The van der Waals surface area contributed by atoms with Crippen molar-refractivity contribution in [2.45, 2.75) is 31.8 Å². The largest absolute Gasteiger partial charge is 0.317 e. The molecule has 1 fully saturated rings. The molecule has 0 unspecified atom stereocenters. The molecule has 8 heteroatoms. The number of aryl methyl sites for hydroxylation is 1. The van der Waals surface area contributed by atoms with Crippen molar-refractivity contribution in [3.05, 3.63) is 82.8 Å². The summed E-state index contributed by atoms with van der Waals surface area (Å²) in [5.41, 5.74) is 7.07. The smallest absolute Gasteiger partial charge is 0.260 e. The number of rotatable bonds is 6. The lowest BCUT2D eigenvalue weighted by Crippen LogP contribution is -2.24. The van der Waals surface area contributed by atoms with E-state index in [1.807, 2.05) is 55.1 Å². The first kappa shape index (κ1) is 22.1. The summed E-state index contributed by atoms with van der Waals surface area (Å²) < 4.78 is 1.84. The van der Waals surface area contributed by atoms with E-state index in [0.717, 1.165) is 51.9 Å². The van der Waals surface area contributed by atoms with E-state index in [-0.39, 0.29) is 7.33 Å². The molecular weight excluding hydrogens is 450 g/mol. The van der Waals surface area contributed by atoms with Crippen LogP contribution in [0.4, 0.5) is 5.82 Å². The van der Waals surface area contributed by atoms with E-state index in [0.29, 0.717) is 36.2 Å². The number of benzene rings is 2. The van der Waals surface area contributed by atoms with Crippen LogP contribution in [-0.2, 0) is 20.1 Å². The third-order valence-corrected chi connectivity index (χ3v) is 6.87. The Balaban J connectivity index is 0.00000280. The molecule has 0 saturated heterocycles. The van der Waals surface area contributed by atoms with E-state index in [2.05, 4.69) is 33.7 Å². The Morgan fingerprint density at radius 2 is 1.97 bits per heavy atom. The van der Waals surface area contributed by atoms with Crippen LogP contribution in [0.3, 0.4) is 0 Å². The SMILES string of the molecule is CNCc1ccc2c(c1)C(=O)N(c1cc(-c3ccc(C#N)cc3-c3nncn3C)cc(C3CC3)n1)C2.[HH]. The molecule has 2 aliphatic rings. The molecule has 1 aliphatic heterocycles. The van der Waals surface area contributed by atoms with E-state index in [4.69, 9.17) is 4.98 Å². The Morgan fingerprint density at radius 3 is 2.69 bits per heavy atom. The molecule has 6 rings (SSSR count). The second-order valence-electron chi connectivity index (χ2n) is 9.46. The molecule has 1 N–H and O–H groups in total. The first-order chi connectivity index (χ1) is 17.6. The topological polar surface area (TPSA) is 99.7 Å². The van der Waals surface area contributed by atoms with Gasteiger partial charge in [0, 0.05) is 37.8 Å². The fourth-order valence-electron chi connectivity index (χ4n) is 4.84. The van der Waals surface area contributed by atoms with Crippen molar-refractivity contribution in [1.82, 2.24) is 25.1 Å². The van der Waals surface area contributed by atoms with Gasteiger partial charge in [-0.05, 0) is 72.5 Å². The van der Waals surface area contributed by atoms with Crippen molar-refractivity contribution in [2.24, 2.45) is 7.05 Å². The Bertz CT molecular complexity index is 1550. The molecule has 36 heavy (non-hydrogen) atoms. The van der Waals surface area contributed by atoms with E-state index in [9.17, 15) is 10.1 Å². The van der Waals surface area contributed by atoms with Crippen LogP contribution in [0.5, 0.6) is 0 Å². The number of anilines is 1. The zero-order valence-corrected chi connectivity index (χ0v) is 20.2. The lowest BCUT2D eigenvalue weighted by Gasteiger charge is -2.18. The van der Waals surface area contributed by atoms with Crippen molar-refractivity contribution in [1.29, 1.82) is 5.26 Å². The molecule has 180 valence electrons. The fourth-order valence-corrected chi connectivity index (χ4v) is 4.84. The molecular formula is C28H27N7O. The highest BCUT2D eigenvalue weighted by Crippen LogP contribution is 2.43. The predicted octanol–water partition coefficient (Wildman–Crippen LogP) is 4.42. The van der Waals surface area contributed by atoms with Crippen LogP contribution in [0.15, 0.2) is 54.9 Å². The number of hydrogen-bond acceptors (Lipinski definition) is 6. The Kier molecular flexibility index (Phi) is 5.35. The van der Waals surface area contributed by atoms with Gasteiger partial charge in [0.05, 0.1) is 18.2 Å². The maximum Gasteiger partial charge on any atom is 0.260 e. The highest BCUT2D eigenvalue weighted by atomic mass is 16.2. The maximum absolute atomic E-state index is 13.5. The normalized spacial score (nSPS) is 14.7. The Hall–Kier alpha value is -4.35. The molecule has 2 aromatic carbocycles. The van der Waals surface area contributed by atoms with Gasteiger partial charge in [0.1, 0.15) is 12.1 Å². The van der Waals surface area contributed by atoms with Gasteiger partial charge in [0.25, 0.3) is 5.91 Å². The van der Waals surface area contributed by atoms with Crippen LogP contribution >= 0.6 is 0 Å². The molecule has 0 atom stereocenters. The molecule has 8 nitrogen and oxygen atoms in total. The molecule has 2 aromatic heterocycles. The standard InChI is InChI=1S/C28H25N7O.H2/c1-30-14-18-3-5-20-15-35(28(36)23(20)10-18)26-12-21(11-25(32-26)19-6-7-19)22-8-4-17(13-29)9-24(22)27-33-31-16-34(27)2;/h3-5,8-12,16,19,30H,6-7,14-15H2,1-2H3;1H. The van der Waals surface area contributed by atoms with Crippen LogP contribution in [0.25, 0.3) is 22.5 Å². The van der Waals surface area contributed by atoms with Gasteiger partial charge >= 0.3 is 0 Å². The third-order valence-electron chi connectivity index (χ3n) is 6.87. The molecule has 4 aromatic rings. The van der Waals surface area contributed by atoms with Gasteiger partial charge in [-0.2, -0.15) is 5.26 Å². The van der Waals surface area contributed by atoms with Gasteiger partial charge < -0.3 is 9.88 Å². The lowest BCUT2D eigenvalue weighted by molar-refractivity contribution is 0.0996. The number of nitrogens with one attached hydrogen (secondary N) is 1. The molecule has 0 bridgehead atoms. The number of fused-ring (bicyclic) bond motifs is 1. The van der Waals surface area contributed by atoms with Crippen molar-refractivity contribution < 1.29 is 6.22 Å². The number of nitrogens with zero attached hydrogens (tertiary/aromatic N) is 6. The quantitative estimate of drug-likeness (QED) is 0.441. The molecule has 0 spiro atoms. The van der Waals surface area contributed by atoms with E-state index in [1.165, 1.54) is 0 Å². The van der Waals surface area contributed by atoms with Crippen LogP contribution < -0.4 is 10.2 Å². The van der Waals surface area contributed by atoms with Gasteiger partial charge in [-0.3, -0.25) is 9.69 Å².